The molecule has 7 nitrogen and oxygen atoms in total. The van der Waals surface area contributed by atoms with E-state index in [-0.39, 0.29) is 18.8 Å². The number of benzene rings is 1. The third-order valence-electron chi connectivity index (χ3n) is 4.42. The van der Waals surface area contributed by atoms with Gasteiger partial charge in [-0.3, -0.25) is 0 Å². The van der Waals surface area contributed by atoms with Gasteiger partial charge in [-0.05, 0) is 38.3 Å². The summed E-state index contributed by atoms with van der Waals surface area (Å²) in [4.78, 5) is 0. The first-order valence-corrected chi connectivity index (χ1v) is 8.68. The molecular weight excluding hydrogens is 320 g/mol. The molecule has 1 saturated heterocycles. The smallest absolute Gasteiger partial charge is 0.122 e. The first-order chi connectivity index (χ1) is 12.0. The lowest BCUT2D eigenvalue weighted by Crippen LogP contribution is -2.26. The topological polar surface area (TPSA) is 95.4 Å². The van der Waals surface area contributed by atoms with Crippen LogP contribution in [0.5, 0.6) is 5.75 Å². The predicted octanol–water partition coefficient (Wildman–Crippen LogP) is 1.51. The van der Waals surface area contributed by atoms with Gasteiger partial charge in [-0.25, -0.2) is 4.68 Å². The molecule has 25 heavy (non-hydrogen) atoms. The average Bonchev–Trinajstić information content (AvgIpc) is 3.25. The number of hydrogen-bond donors (Lipinski definition) is 2. The molecule has 0 spiro atoms. The van der Waals surface area contributed by atoms with Gasteiger partial charge in [-0.2, -0.15) is 0 Å². The van der Waals surface area contributed by atoms with E-state index in [1.165, 1.54) is 5.56 Å². The Bertz CT molecular complexity index is 697. The van der Waals surface area contributed by atoms with E-state index < -0.39 is 6.10 Å². The average molecular weight is 346 g/mol. The van der Waals surface area contributed by atoms with Crippen molar-refractivity contribution in [3.8, 4) is 5.75 Å². The molecular formula is C18H26N4O3. The summed E-state index contributed by atoms with van der Waals surface area (Å²) in [5.74, 6) is 0.782. The summed E-state index contributed by atoms with van der Waals surface area (Å²) < 4.78 is 12.9. The summed E-state index contributed by atoms with van der Waals surface area (Å²) in [5.41, 5.74) is 9.11. The number of aliphatic hydroxyl groups excluding tert-OH is 1. The maximum absolute atomic E-state index is 10.2. The van der Waals surface area contributed by atoms with Crippen LogP contribution in [0.4, 0.5) is 0 Å². The summed E-state index contributed by atoms with van der Waals surface area (Å²) >= 11 is 0. The Kier molecular flexibility index (Phi) is 5.67. The van der Waals surface area contributed by atoms with Crippen molar-refractivity contribution in [1.29, 1.82) is 0 Å². The van der Waals surface area contributed by atoms with E-state index in [0.717, 1.165) is 30.8 Å². The van der Waals surface area contributed by atoms with Gasteiger partial charge in [0.15, 0.2) is 0 Å². The summed E-state index contributed by atoms with van der Waals surface area (Å²) in [6.07, 6.45) is 3.06. The van der Waals surface area contributed by atoms with Crippen molar-refractivity contribution in [2.45, 2.75) is 51.5 Å². The summed E-state index contributed by atoms with van der Waals surface area (Å²) in [7, 11) is 0. The van der Waals surface area contributed by atoms with E-state index in [0.29, 0.717) is 12.2 Å². The number of nitrogens with two attached hydrogens (primary N) is 1. The summed E-state index contributed by atoms with van der Waals surface area (Å²) in [6.45, 7) is 5.27. The van der Waals surface area contributed by atoms with Gasteiger partial charge in [0.1, 0.15) is 24.2 Å². The molecule has 2 aromatic rings. The molecule has 3 N–H and O–H groups in total. The molecule has 2 heterocycles. The number of aryl methyl sites for hydroxylation is 2. The Labute approximate surface area is 147 Å². The van der Waals surface area contributed by atoms with E-state index in [1.807, 2.05) is 26.0 Å². The molecule has 1 aromatic carbocycles. The third-order valence-corrected chi connectivity index (χ3v) is 4.42. The van der Waals surface area contributed by atoms with Crippen molar-refractivity contribution in [2.24, 2.45) is 5.73 Å². The standard InChI is InChI=1S/C18H26N4O3/c1-12-5-6-16(13(2)8-12)25-11-14(23)9-22-10-15(20-21-22)18(19)17-4-3-7-24-17/h5-6,8,10,14,17-18,23H,3-4,7,9,11,19H2,1-2H3. The van der Waals surface area contributed by atoms with E-state index in [2.05, 4.69) is 16.4 Å². The summed E-state index contributed by atoms with van der Waals surface area (Å²) in [5, 5.41) is 18.4. The van der Waals surface area contributed by atoms with Gasteiger partial charge in [0.05, 0.1) is 24.9 Å². The highest BCUT2D eigenvalue weighted by Gasteiger charge is 2.26. The minimum atomic E-state index is -0.686. The zero-order valence-corrected chi connectivity index (χ0v) is 14.8. The number of rotatable bonds is 7. The molecule has 1 aliphatic rings. The number of hydrogen-bond acceptors (Lipinski definition) is 6. The van der Waals surface area contributed by atoms with Crippen molar-refractivity contribution in [2.75, 3.05) is 13.2 Å². The van der Waals surface area contributed by atoms with Crippen molar-refractivity contribution < 1.29 is 14.6 Å². The molecule has 0 amide bonds. The van der Waals surface area contributed by atoms with Crippen LogP contribution in [0.1, 0.15) is 35.7 Å². The van der Waals surface area contributed by atoms with E-state index >= 15 is 0 Å². The lowest BCUT2D eigenvalue weighted by molar-refractivity contribution is 0.0878. The Morgan fingerprint density at radius 2 is 2.28 bits per heavy atom. The fourth-order valence-corrected chi connectivity index (χ4v) is 3.05. The molecule has 1 aliphatic heterocycles. The normalized spacial score (nSPS) is 19.8. The van der Waals surface area contributed by atoms with Crippen LogP contribution >= 0.6 is 0 Å². The highest BCUT2D eigenvalue weighted by molar-refractivity contribution is 5.35. The molecule has 0 saturated carbocycles. The van der Waals surface area contributed by atoms with Crippen LogP contribution in [0, 0.1) is 13.8 Å². The minimum Gasteiger partial charge on any atom is -0.491 e. The monoisotopic (exact) mass is 346 g/mol. The van der Waals surface area contributed by atoms with Crippen LogP contribution in [-0.2, 0) is 11.3 Å². The fraction of sp³-hybridized carbons (Fsp3) is 0.556. The lowest BCUT2D eigenvalue weighted by atomic mass is 10.1. The highest BCUT2D eigenvalue weighted by Crippen LogP contribution is 2.23. The van der Waals surface area contributed by atoms with Gasteiger partial charge in [0.25, 0.3) is 0 Å². The first-order valence-electron chi connectivity index (χ1n) is 8.68. The van der Waals surface area contributed by atoms with Crippen molar-refractivity contribution in [3.05, 3.63) is 41.2 Å². The zero-order valence-electron chi connectivity index (χ0n) is 14.8. The SMILES string of the molecule is Cc1ccc(OCC(O)Cn2cc(C(N)C3CCCO3)nn2)c(C)c1. The molecule has 0 radical (unpaired) electrons. The van der Waals surface area contributed by atoms with Crippen LogP contribution < -0.4 is 10.5 Å². The zero-order chi connectivity index (χ0) is 17.8. The third kappa shape index (κ3) is 4.56. The molecule has 1 aromatic heterocycles. The molecule has 136 valence electrons. The van der Waals surface area contributed by atoms with Gasteiger partial charge < -0.3 is 20.3 Å². The molecule has 1 fully saturated rings. The second-order valence-electron chi connectivity index (χ2n) is 6.68. The van der Waals surface area contributed by atoms with Crippen LogP contribution in [0.3, 0.4) is 0 Å². The maximum atomic E-state index is 10.2. The maximum Gasteiger partial charge on any atom is 0.122 e. The Hall–Kier alpha value is -1.96. The number of nitrogens with zero attached hydrogens (tertiary/aromatic N) is 3. The second-order valence-corrected chi connectivity index (χ2v) is 6.68. The molecule has 0 aliphatic carbocycles. The second kappa shape index (κ2) is 7.95. The van der Waals surface area contributed by atoms with Crippen LogP contribution in [0.25, 0.3) is 0 Å². The summed E-state index contributed by atoms with van der Waals surface area (Å²) in [6, 6.07) is 5.69. The van der Waals surface area contributed by atoms with E-state index in [4.69, 9.17) is 15.2 Å². The van der Waals surface area contributed by atoms with E-state index in [1.54, 1.807) is 10.9 Å². The Morgan fingerprint density at radius 1 is 1.44 bits per heavy atom. The van der Waals surface area contributed by atoms with Gasteiger partial charge >= 0.3 is 0 Å². The number of ether oxygens (including phenoxy) is 2. The van der Waals surface area contributed by atoms with Crippen molar-refractivity contribution >= 4 is 0 Å². The van der Waals surface area contributed by atoms with Gasteiger partial charge in [-0.15, -0.1) is 5.10 Å². The molecule has 0 bridgehead atoms. The van der Waals surface area contributed by atoms with E-state index in [9.17, 15) is 5.11 Å². The Balaban J connectivity index is 1.51. The van der Waals surface area contributed by atoms with Gasteiger partial charge in [0, 0.05) is 6.61 Å². The minimum absolute atomic E-state index is 0.00270. The first kappa shape index (κ1) is 17.8. The van der Waals surface area contributed by atoms with Crippen LogP contribution in [-0.4, -0.2) is 45.5 Å². The van der Waals surface area contributed by atoms with Gasteiger partial charge in [0.2, 0.25) is 0 Å². The lowest BCUT2D eigenvalue weighted by Gasteiger charge is -2.15. The van der Waals surface area contributed by atoms with Crippen LogP contribution in [0.2, 0.25) is 0 Å². The number of aromatic nitrogens is 3. The predicted molar refractivity (Wildman–Crippen MR) is 93.3 cm³/mol. The largest absolute Gasteiger partial charge is 0.491 e. The Morgan fingerprint density at radius 3 is 3.00 bits per heavy atom. The van der Waals surface area contributed by atoms with Gasteiger partial charge in [-0.1, -0.05) is 22.9 Å². The van der Waals surface area contributed by atoms with Crippen molar-refractivity contribution in [1.82, 2.24) is 15.0 Å². The van der Waals surface area contributed by atoms with Crippen molar-refractivity contribution in [3.63, 3.8) is 0 Å². The molecule has 3 atom stereocenters. The molecule has 7 heteroatoms. The number of aliphatic hydroxyl groups is 1. The molecule has 3 rings (SSSR count). The fourth-order valence-electron chi connectivity index (χ4n) is 3.05. The quantitative estimate of drug-likeness (QED) is 0.789. The van der Waals surface area contributed by atoms with Crippen LogP contribution in [0.15, 0.2) is 24.4 Å². The molecule has 3 unspecified atom stereocenters. The highest BCUT2D eigenvalue weighted by atomic mass is 16.5.